The molecule has 2 rings (SSSR count). The van der Waals surface area contributed by atoms with Crippen molar-refractivity contribution in [3.8, 4) is 11.5 Å². The van der Waals surface area contributed by atoms with E-state index in [0.29, 0.717) is 19.7 Å². The van der Waals surface area contributed by atoms with Crippen molar-refractivity contribution >= 4 is 5.91 Å². The molecule has 1 amide bonds. The van der Waals surface area contributed by atoms with Crippen LogP contribution in [-0.4, -0.2) is 48.5 Å². The summed E-state index contributed by atoms with van der Waals surface area (Å²) < 4.78 is 5.43. The van der Waals surface area contributed by atoms with Crippen LogP contribution in [0.5, 0.6) is 11.5 Å². The molecule has 0 saturated carbocycles. The molecule has 1 atom stereocenters. The van der Waals surface area contributed by atoms with Gasteiger partial charge in [-0.05, 0) is 12.1 Å². The van der Waals surface area contributed by atoms with Gasteiger partial charge in [-0.15, -0.1) is 0 Å². The molecule has 1 fully saturated rings. The predicted molar refractivity (Wildman–Crippen MR) is 64.7 cm³/mol. The van der Waals surface area contributed by atoms with Gasteiger partial charge in [0.1, 0.15) is 0 Å². The summed E-state index contributed by atoms with van der Waals surface area (Å²) in [7, 11) is 0. The Morgan fingerprint density at radius 1 is 1.50 bits per heavy atom. The van der Waals surface area contributed by atoms with Gasteiger partial charge in [-0.1, -0.05) is 6.07 Å². The largest absolute Gasteiger partial charge is 0.504 e. The molecule has 0 aromatic heterocycles. The van der Waals surface area contributed by atoms with Crippen molar-refractivity contribution in [2.45, 2.75) is 6.10 Å². The molecule has 0 spiro atoms. The maximum atomic E-state index is 11.8. The number of nitrogens with one attached hydrogen (secondary N) is 2. The van der Waals surface area contributed by atoms with Gasteiger partial charge < -0.3 is 25.6 Å². The second-order valence-corrected chi connectivity index (χ2v) is 4.08. The van der Waals surface area contributed by atoms with Crippen LogP contribution in [0.2, 0.25) is 0 Å². The van der Waals surface area contributed by atoms with Gasteiger partial charge in [0.2, 0.25) is 0 Å². The van der Waals surface area contributed by atoms with Gasteiger partial charge in [0, 0.05) is 19.6 Å². The van der Waals surface area contributed by atoms with E-state index in [-0.39, 0.29) is 17.4 Å². The molecule has 0 bridgehead atoms. The molecule has 1 aromatic carbocycles. The summed E-state index contributed by atoms with van der Waals surface area (Å²) >= 11 is 0. The standard InChI is InChI=1S/C12H16N2O4/c15-10-3-1-2-9(11(10)16)12(17)14-7-8-6-13-4-5-18-8/h1-3,8,13,15-16H,4-7H2,(H,14,17). The Morgan fingerprint density at radius 2 is 2.33 bits per heavy atom. The fraction of sp³-hybridized carbons (Fsp3) is 0.417. The zero-order chi connectivity index (χ0) is 13.0. The molecular weight excluding hydrogens is 236 g/mol. The lowest BCUT2D eigenvalue weighted by Crippen LogP contribution is -2.45. The SMILES string of the molecule is O=C(NCC1CNCCO1)c1cccc(O)c1O. The topological polar surface area (TPSA) is 90.8 Å². The quantitative estimate of drug-likeness (QED) is 0.560. The first-order valence-corrected chi connectivity index (χ1v) is 5.80. The summed E-state index contributed by atoms with van der Waals surface area (Å²) in [5, 5.41) is 24.7. The van der Waals surface area contributed by atoms with E-state index in [1.807, 2.05) is 0 Å². The third-order valence-electron chi connectivity index (χ3n) is 2.75. The maximum absolute atomic E-state index is 11.8. The van der Waals surface area contributed by atoms with E-state index >= 15 is 0 Å². The summed E-state index contributed by atoms with van der Waals surface area (Å²) in [5.41, 5.74) is 0.0544. The Morgan fingerprint density at radius 3 is 3.06 bits per heavy atom. The number of aromatic hydroxyl groups is 2. The molecule has 1 unspecified atom stereocenters. The number of morpholine rings is 1. The smallest absolute Gasteiger partial charge is 0.255 e. The zero-order valence-electron chi connectivity index (χ0n) is 9.85. The summed E-state index contributed by atoms with van der Waals surface area (Å²) in [6, 6.07) is 4.27. The van der Waals surface area contributed by atoms with Crippen LogP contribution in [0.15, 0.2) is 18.2 Å². The monoisotopic (exact) mass is 252 g/mol. The van der Waals surface area contributed by atoms with Gasteiger partial charge in [0.15, 0.2) is 11.5 Å². The van der Waals surface area contributed by atoms with E-state index in [9.17, 15) is 15.0 Å². The van der Waals surface area contributed by atoms with Crippen LogP contribution in [0.3, 0.4) is 0 Å². The Kier molecular flexibility index (Phi) is 4.01. The number of para-hydroxylation sites is 1. The second-order valence-electron chi connectivity index (χ2n) is 4.08. The molecule has 4 N–H and O–H groups in total. The Labute approximate surface area is 105 Å². The van der Waals surface area contributed by atoms with Crippen LogP contribution in [-0.2, 0) is 4.74 Å². The summed E-state index contributed by atoms with van der Waals surface area (Å²) in [5.74, 6) is -1.14. The fourth-order valence-corrected chi connectivity index (χ4v) is 1.77. The van der Waals surface area contributed by atoms with E-state index in [0.717, 1.165) is 6.54 Å². The van der Waals surface area contributed by atoms with Gasteiger partial charge in [-0.25, -0.2) is 0 Å². The molecule has 6 nitrogen and oxygen atoms in total. The number of phenolic OH excluding ortho intramolecular Hbond substituents is 2. The number of benzene rings is 1. The van der Waals surface area contributed by atoms with Crippen molar-refractivity contribution in [1.29, 1.82) is 0 Å². The number of hydrogen-bond donors (Lipinski definition) is 4. The highest BCUT2D eigenvalue weighted by molar-refractivity contribution is 5.97. The van der Waals surface area contributed by atoms with E-state index in [1.54, 1.807) is 0 Å². The molecule has 98 valence electrons. The van der Waals surface area contributed by atoms with Crippen molar-refractivity contribution in [3.05, 3.63) is 23.8 Å². The van der Waals surface area contributed by atoms with Crippen LogP contribution in [0.4, 0.5) is 0 Å². The number of phenols is 2. The van der Waals surface area contributed by atoms with E-state index in [2.05, 4.69) is 10.6 Å². The van der Waals surface area contributed by atoms with Gasteiger partial charge in [-0.2, -0.15) is 0 Å². The minimum Gasteiger partial charge on any atom is -0.504 e. The van der Waals surface area contributed by atoms with E-state index in [1.165, 1.54) is 18.2 Å². The molecule has 1 aliphatic heterocycles. The molecule has 1 saturated heterocycles. The third kappa shape index (κ3) is 2.91. The Bertz CT molecular complexity index is 430. The average Bonchev–Trinajstić information content (AvgIpc) is 2.40. The van der Waals surface area contributed by atoms with Crippen molar-refractivity contribution in [2.24, 2.45) is 0 Å². The first kappa shape index (κ1) is 12.7. The highest BCUT2D eigenvalue weighted by Crippen LogP contribution is 2.27. The number of rotatable bonds is 3. The van der Waals surface area contributed by atoms with E-state index < -0.39 is 11.7 Å². The predicted octanol–water partition coefficient (Wildman–Crippen LogP) is -0.184. The van der Waals surface area contributed by atoms with Crippen LogP contribution in [0.1, 0.15) is 10.4 Å². The van der Waals surface area contributed by atoms with Crippen molar-refractivity contribution in [2.75, 3.05) is 26.2 Å². The van der Waals surface area contributed by atoms with Crippen LogP contribution >= 0.6 is 0 Å². The van der Waals surface area contributed by atoms with Gasteiger partial charge in [-0.3, -0.25) is 4.79 Å². The van der Waals surface area contributed by atoms with Gasteiger partial charge in [0.05, 0.1) is 18.3 Å². The molecule has 1 aliphatic rings. The Balaban J connectivity index is 1.93. The number of amides is 1. The summed E-state index contributed by atoms with van der Waals surface area (Å²) in [6.07, 6.45) is -0.0675. The van der Waals surface area contributed by atoms with Gasteiger partial charge >= 0.3 is 0 Å². The molecule has 0 aliphatic carbocycles. The van der Waals surface area contributed by atoms with Crippen molar-refractivity contribution in [1.82, 2.24) is 10.6 Å². The summed E-state index contributed by atoms with van der Waals surface area (Å²) in [6.45, 7) is 2.49. The second kappa shape index (κ2) is 5.70. The van der Waals surface area contributed by atoms with Crippen molar-refractivity contribution in [3.63, 3.8) is 0 Å². The zero-order valence-corrected chi connectivity index (χ0v) is 9.85. The fourth-order valence-electron chi connectivity index (χ4n) is 1.77. The maximum Gasteiger partial charge on any atom is 0.255 e. The highest BCUT2D eigenvalue weighted by Gasteiger charge is 2.17. The average molecular weight is 252 g/mol. The first-order chi connectivity index (χ1) is 8.68. The summed E-state index contributed by atoms with van der Waals surface area (Å²) in [4.78, 5) is 11.8. The van der Waals surface area contributed by atoms with Crippen molar-refractivity contribution < 1.29 is 19.7 Å². The normalized spacial score (nSPS) is 19.4. The lowest BCUT2D eigenvalue weighted by Gasteiger charge is -2.23. The molecule has 18 heavy (non-hydrogen) atoms. The minimum absolute atomic E-state index is 0.0544. The third-order valence-corrected chi connectivity index (χ3v) is 2.75. The lowest BCUT2D eigenvalue weighted by molar-refractivity contribution is 0.0287. The van der Waals surface area contributed by atoms with Crippen LogP contribution in [0.25, 0.3) is 0 Å². The molecule has 6 heteroatoms. The van der Waals surface area contributed by atoms with Crippen LogP contribution < -0.4 is 10.6 Å². The molecular formula is C12H16N2O4. The molecule has 1 heterocycles. The number of hydrogen-bond acceptors (Lipinski definition) is 5. The lowest BCUT2D eigenvalue weighted by atomic mass is 10.1. The number of carbonyl (C=O) groups is 1. The van der Waals surface area contributed by atoms with E-state index in [4.69, 9.17) is 4.74 Å². The first-order valence-electron chi connectivity index (χ1n) is 5.80. The number of ether oxygens (including phenoxy) is 1. The highest BCUT2D eigenvalue weighted by atomic mass is 16.5. The van der Waals surface area contributed by atoms with Crippen LogP contribution in [0, 0.1) is 0 Å². The van der Waals surface area contributed by atoms with Gasteiger partial charge in [0.25, 0.3) is 5.91 Å². The minimum atomic E-state index is -0.433. The Hall–Kier alpha value is -1.79. The molecule has 0 radical (unpaired) electrons. The molecule has 1 aromatic rings. The number of carbonyl (C=O) groups excluding carboxylic acids is 1.